The summed E-state index contributed by atoms with van der Waals surface area (Å²) in [7, 11) is -1.81. The van der Waals surface area contributed by atoms with Crippen molar-refractivity contribution in [1.82, 2.24) is 0 Å². The van der Waals surface area contributed by atoms with E-state index in [-0.39, 0.29) is 5.04 Å². The number of hydrogen-bond donors (Lipinski definition) is 0. The predicted molar refractivity (Wildman–Crippen MR) is 129 cm³/mol. The van der Waals surface area contributed by atoms with Crippen molar-refractivity contribution in [3.8, 4) is 0 Å². The van der Waals surface area contributed by atoms with Gasteiger partial charge in [-0.25, -0.2) is 0 Å². The van der Waals surface area contributed by atoms with E-state index in [1.807, 2.05) is 3.88 Å². The Balaban J connectivity index is 2.97. The molecule has 0 aromatic heterocycles. The summed E-state index contributed by atoms with van der Waals surface area (Å²) in [5, 5.41) is 9.89. The number of aryl methyl sites for hydroxylation is 2. The van der Waals surface area contributed by atoms with Gasteiger partial charge in [-0.3, -0.25) is 0 Å². The first kappa shape index (κ1) is 23.9. The first-order valence-corrected chi connectivity index (χ1v) is 19.2. The van der Waals surface area contributed by atoms with Crippen LogP contribution in [0.5, 0.6) is 0 Å². The van der Waals surface area contributed by atoms with Crippen LogP contribution in [0.4, 0.5) is 0 Å². The van der Waals surface area contributed by atoms with Gasteiger partial charge in [0.1, 0.15) is 0 Å². The van der Waals surface area contributed by atoms with Gasteiger partial charge in [0.15, 0.2) is 0 Å². The maximum atomic E-state index is 2.68. The molecule has 0 N–H and O–H groups in total. The fourth-order valence-corrected chi connectivity index (χ4v) is 20.7. The van der Waals surface area contributed by atoms with E-state index in [4.69, 9.17) is 0 Å². The molecule has 0 aliphatic heterocycles. The van der Waals surface area contributed by atoms with Crippen molar-refractivity contribution in [3.63, 3.8) is 0 Å². The van der Waals surface area contributed by atoms with E-state index in [9.17, 15) is 0 Å². The molecule has 0 spiro atoms. The average Bonchev–Trinajstić information content (AvgIpc) is 2.74. The molecule has 1 aliphatic rings. The molecule has 0 nitrogen and oxygen atoms in total. The molecule has 0 saturated carbocycles. The van der Waals surface area contributed by atoms with Crippen molar-refractivity contribution in [1.29, 1.82) is 0 Å². The summed E-state index contributed by atoms with van der Waals surface area (Å²) in [6.45, 7) is 19.4. The van der Waals surface area contributed by atoms with Crippen LogP contribution in [0.1, 0.15) is 65.5 Å². The van der Waals surface area contributed by atoms with Crippen molar-refractivity contribution in [2.45, 2.75) is 101 Å². The van der Waals surface area contributed by atoms with E-state index in [0.717, 1.165) is 0 Å². The van der Waals surface area contributed by atoms with Crippen LogP contribution in [0, 0.1) is 13.8 Å². The van der Waals surface area contributed by atoms with Crippen molar-refractivity contribution in [3.05, 3.63) is 49.9 Å². The Hall–Kier alpha value is -0.369. The van der Waals surface area contributed by atoms with Crippen molar-refractivity contribution in [2.24, 2.45) is 0 Å². The molecule has 0 fully saturated rings. The van der Waals surface area contributed by atoms with Crippen molar-refractivity contribution >= 4 is 13.3 Å². The Labute approximate surface area is 180 Å². The minimum atomic E-state index is -2.04. The Morgan fingerprint density at radius 2 is 1.25 bits per heavy atom. The fraction of sp³-hybridized carbons (Fsp3) is 0.615. The van der Waals surface area contributed by atoms with Gasteiger partial charge < -0.3 is 0 Å². The van der Waals surface area contributed by atoms with Crippen LogP contribution < -0.4 is 5.19 Å². The third kappa shape index (κ3) is 3.72. The van der Waals surface area contributed by atoms with Gasteiger partial charge in [0.05, 0.1) is 0 Å². The van der Waals surface area contributed by atoms with Gasteiger partial charge in [-0.1, -0.05) is 0 Å². The second kappa shape index (κ2) is 8.40. The van der Waals surface area contributed by atoms with Crippen LogP contribution in [0.15, 0.2) is 38.8 Å². The second-order valence-electron chi connectivity index (χ2n) is 10.6. The zero-order valence-corrected chi connectivity index (χ0v) is 23.1. The number of benzene rings is 1. The molecule has 1 aromatic rings. The molecular formula is C26H44SiTi. The third-order valence-corrected chi connectivity index (χ3v) is 18.3. The van der Waals surface area contributed by atoms with Crippen LogP contribution in [0.3, 0.4) is 0 Å². The molecule has 1 aliphatic carbocycles. The van der Waals surface area contributed by atoms with E-state index < -0.39 is 24.7 Å². The van der Waals surface area contributed by atoms with E-state index >= 15 is 0 Å². The molecule has 0 bridgehead atoms. The molecule has 156 valence electrons. The minimum absolute atomic E-state index is 0.283. The van der Waals surface area contributed by atoms with Crippen LogP contribution in [-0.2, 0) is 16.6 Å². The van der Waals surface area contributed by atoms with E-state index in [2.05, 4.69) is 89.3 Å². The Morgan fingerprint density at radius 1 is 0.786 bits per heavy atom. The van der Waals surface area contributed by atoms with E-state index in [0.29, 0.717) is 0 Å². The predicted octanol–water partition coefficient (Wildman–Crippen LogP) is 8.46. The van der Waals surface area contributed by atoms with Crippen molar-refractivity contribution in [2.75, 3.05) is 0 Å². The van der Waals surface area contributed by atoms with Gasteiger partial charge in [-0.2, -0.15) is 0 Å². The summed E-state index contributed by atoms with van der Waals surface area (Å²) in [6, 6.07) is 10.3. The molecule has 2 heteroatoms. The monoisotopic (exact) mass is 432 g/mol. The van der Waals surface area contributed by atoms with Crippen LogP contribution >= 0.6 is 0 Å². The van der Waals surface area contributed by atoms with Gasteiger partial charge in [0.2, 0.25) is 0 Å². The summed E-state index contributed by atoms with van der Waals surface area (Å²) in [5.41, 5.74) is 7.85. The van der Waals surface area contributed by atoms with Crippen molar-refractivity contribution < 1.29 is 16.6 Å². The van der Waals surface area contributed by atoms with Gasteiger partial charge in [0.25, 0.3) is 0 Å². The molecule has 28 heavy (non-hydrogen) atoms. The Kier molecular flexibility index (Phi) is 7.17. The average molecular weight is 433 g/mol. The number of hydrogen-bond acceptors (Lipinski definition) is 0. The quantitative estimate of drug-likeness (QED) is 0.379. The summed E-state index contributed by atoms with van der Waals surface area (Å²) in [6.07, 6.45) is 2.59. The first-order valence-electron chi connectivity index (χ1n) is 11.4. The zero-order valence-electron chi connectivity index (χ0n) is 20.6. The molecule has 0 saturated heterocycles. The normalized spacial score (nSPS) is 21.1. The van der Waals surface area contributed by atoms with Crippen LogP contribution in [0.2, 0.25) is 32.8 Å². The summed E-state index contributed by atoms with van der Waals surface area (Å²) >= 11 is -2.04. The maximum absolute atomic E-state index is 2.68. The number of rotatable bonds is 7. The molecule has 0 amide bonds. The topological polar surface area (TPSA) is 0 Å². The molecule has 1 atom stereocenters. The zero-order chi connectivity index (χ0) is 21.5. The van der Waals surface area contributed by atoms with Crippen LogP contribution in [-0.4, -0.2) is 8.07 Å². The molecule has 2 rings (SSSR count). The van der Waals surface area contributed by atoms with Gasteiger partial charge in [-0.15, -0.1) is 0 Å². The summed E-state index contributed by atoms with van der Waals surface area (Å²) < 4.78 is 1.91. The van der Waals surface area contributed by atoms with Crippen LogP contribution in [0.25, 0.3) is 0 Å². The first-order chi connectivity index (χ1) is 12.9. The van der Waals surface area contributed by atoms with E-state index in [1.54, 1.807) is 21.9 Å². The summed E-state index contributed by atoms with van der Waals surface area (Å²) in [4.78, 5) is 0. The van der Waals surface area contributed by atoms with Gasteiger partial charge in [-0.05, 0) is 0 Å². The molecule has 0 radical (unpaired) electrons. The third-order valence-electron chi connectivity index (χ3n) is 7.58. The molecule has 1 unspecified atom stereocenters. The second-order valence-corrected chi connectivity index (χ2v) is 23.1. The fourth-order valence-electron chi connectivity index (χ4n) is 6.62. The van der Waals surface area contributed by atoms with E-state index in [1.165, 1.54) is 36.1 Å². The summed E-state index contributed by atoms with van der Waals surface area (Å²) in [5.74, 6) is 0. The molecule has 0 heterocycles. The van der Waals surface area contributed by atoms with Gasteiger partial charge >= 0.3 is 181 Å². The molecule has 1 aromatic carbocycles. The Morgan fingerprint density at radius 3 is 1.64 bits per heavy atom. The number of allylic oxidation sites excluding steroid dienone is 4. The Bertz CT molecular complexity index is 780. The van der Waals surface area contributed by atoms with Gasteiger partial charge in [0, 0.05) is 0 Å². The standard InChI is InChI=1S/C23H35Si.3CH3.Ti/c1-9-11-24(12-10-2,22-14-17(3)13-18(4)15-22)23(8)16-19(5)20(6)21(23)7;;;;/h13-15H,9-12H2,1-8H3;3*1H3;. The SMILES string of the molecule is CCC[Si](CCC)(c1cc(C)cc(C)c1)C1(C)C(C)=C(C)C(C)=[C]1[Ti]([CH3])([CH3])[CH3]. The molecular weight excluding hydrogens is 388 g/mol.